The summed E-state index contributed by atoms with van der Waals surface area (Å²) in [6.45, 7) is 2.14. The Kier molecular flexibility index (Phi) is 6.65. The molecule has 184 valence electrons. The van der Waals surface area contributed by atoms with Crippen LogP contribution in [0.4, 0.5) is 10.5 Å². The zero-order chi connectivity index (χ0) is 25.2. The molecule has 8 heteroatoms. The van der Waals surface area contributed by atoms with E-state index < -0.39 is 18.2 Å². The third kappa shape index (κ3) is 5.36. The summed E-state index contributed by atoms with van der Waals surface area (Å²) in [5, 5.41) is 6.44. The zero-order valence-corrected chi connectivity index (χ0v) is 20.5. The van der Waals surface area contributed by atoms with Gasteiger partial charge in [0, 0.05) is 22.3 Å². The van der Waals surface area contributed by atoms with E-state index in [-0.39, 0.29) is 24.4 Å². The Balaban J connectivity index is 1.40. The summed E-state index contributed by atoms with van der Waals surface area (Å²) >= 11 is 6.13. The highest BCUT2D eigenvalue weighted by molar-refractivity contribution is 6.30. The van der Waals surface area contributed by atoms with Gasteiger partial charge in [-0.1, -0.05) is 53.6 Å². The third-order valence-corrected chi connectivity index (χ3v) is 6.54. The molecule has 2 fully saturated rings. The number of carbonyl (C=O) groups is 3. The van der Waals surface area contributed by atoms with Crippen LogP contribution in [-0.4, -0.2) is 34.9 Å². The van der Waals surface area contributed by atoms with Crippen LogP contribution in [-0.2, 0) is 16.1 Å². The Labute approximate surface area is 214 Å². The molecule has 0 bridgehead atoms. The minimum Gasteiger partial charge on any atom is -0.438 e. The van der Waals surface area contributed by atoms with E-state index in [4.69, 9.17) is 16.3 Å². The fraction of sp³-hybridized carbons (Fsp3) is 0.250. The van der Waals surface area contributed by atoms with E-state index in [0.717, 1.165) is 24.0 Å². The number of aryl methyl sites for hydroxylation is 1. The van der Waals surface area contributed by atoms with Crippen molar-refractivity contribution in [1.82, 2.24) is 10.2 Å². The predicted octanol–water partition coefficient (Wildman–Crippen LogP) is 5.24. The van der Waals surface area contributed by atoms with E-state index in [0.29, 0.717) is 21.8 Å². The second-order valence-corrected chi connectivity index (χ2v) is 9.67. The maximum absolute atomic E-state index is 13.3. The molecule has 1 aliphatic heterocycles. The topological polar surface area (TPSA) is 87.7 Å². The fourth-order valence-electron chi connectivity index (χ4n) is 4.26. The van der Waals surface area contributed by atoms with Crippen LogP contribution in [0, 0.1) is 6.92 Å². The number of ether oxygens (including phenoxy) is 1. The molecule has 5 rings (SSSR count). The van der Waals surface area contributed by atoms with Gasteiger partial charge in [0.1, 0.15) is 0 Å². The first-order chi connectivity index (χ1) is 17.4. The van der Waals surface area contributed by atoms with Gasteiger partial charge in [-0.3, -0.25) is 14.5 Å². The molecule has 2 N–H and O–H groups in total. The van der Waals surface area contributed by atoms with Gasteiger partial charge in [-0.25, -0.2) is 4.79 Å². The van der Waals surface area contributed by atoms with Crippen molar-refractivity contribution in [2.24, 2.45) is 0 Å². The van der Waals surface area contributed by atoms with Crippen LogP contribution in [0.3, 0.4) is 0 Å². The molecule has 2 aliphatic rings. The van der Waals surface area contributed by atoms with Crippen LogP contribution < -0.4 is 10.6 Å². The van der Waals surface area contributed by atoms with Crippen molar-refractivity contribution in [3.8, 4) is 0 Å². The van der Waals surface area contributed by atoms with Crippen LogP contribution in [0.25, 0.3) is 0 Å². The number of rotatable bonds is 7. The zero-order valence-electron chi connectivity index (χ0n) is 19.7. The molecule has 1 saturated carbocycles. The number of carbonyl (C=O) groups excluding carboxylic acids is 3. The Morgan fingerprint density at radius 3 is 2.50 bits per heavy atom. The lowest BCUT2D eigenvalue weighted by atomic mass is 10.00. The van der Waals surface area contributed by atoms with E-state index in [9.17, 15) is 14.4 Å². The van der Waals surface area contributed by atoms with Gasteiger partial charge in [-0.2, -0.15) is 0 Å². The van der Waals surface area contributed by atoms with E-state index in [1.807, 2.05) is 25.1 Å². The normalized spacial score (nSPS) is 19.1. The van der Waals surface area contributed by atoms with Gasteiger partial charge in [0.25, 0.3) is 5.91 Å². The lowest BCUT2D eigenvalue weighted by molar-refractivity contribution is -0.126. The average Bonchev–Trinajstić information content (AvgIpc) is 3.61. The first-order valence-corrected chi connectivity index (χ1v) is 12.3. The number of cyclic esters (lactones) is 1. The van der Waals surface area contributed by atoms with Crippen LogP contribution in [0.5, 0.6) is 0 Å². The molecule has 0 radical (unpaired) electrons. The second-order valence-electron chi connectivity index (χ2n) is 9.24. The summed E-state index contributed by atoms with van der Waals surface area (Å²) < 4.78 is 5.74. The number of nitrogens with zero attached hydrogens (tertiary/aromatic N) is 1. The van der Waals surface area contributed by atoms with E-state index >= 15 is 0 Å². The molecule has 0 unspecified atom stereocenters. The number of benzene rings is 3. The van der Waals surface area contributed by atoms with Gasteiger partial charge >= 0.3 is 6.09 Å². The number of nitrogens with one attached hydrogen (secondary N) is 2. The van der Waals surface area contributed by atoms with Gasteiger partial charge in [-0.05, 0) is 67.3 Å². The van der Waals surface area contributed by atoms with E-state index in [1.54, 1.807) is 54.6 Å². The highest BCUT2D eigenvalue weighted by Gasteiger charge is 2.48. The summed E-state index contributed by atoms with van der Waals surface area (Å²) in [5.74, 6) is -0.509. The standard InChI is InChI=1S/C28H26ClN3O4/c1-17-8-10-19(11-9-17)26(33)31-23-7-3-5-20(15-23)25-24(27(34)30-22-12-13-22)32(28(35)36-25)16-18-4-2-6-21(29)14-18/h2-11,14-15,22,24-25H,12-13,16H2,1H3,(H,30,34)(H,31,33)/t24-,25+/m1/s1. The van der Waals surface area contributed by atoms with Gasteiger partial charge in [0.05, 0.1) is 6.54 Å². The smallest absolute Gasteiger partial charge is 0.411 e. The molecule has 3 aromatic rings. The molecule has 2 atom stereocenters. The number of hydrogen-bond acceptors (Lipinski definition) is 4. The van der Waals surface area contributed by atoms with E-state index in [1.165, 1.54) is 4.90 Å². The van der Waals surface area contributed by atoms with Crippen LogP contribution >= 0.6 is 11.6 Å². The predicted molar refractivity (Wildman–Crippen MR) is 137 cm³/mol. The SMILES string of the molecule is Cc1ccc(C(=O)Nc2cccc([C@@H]3OC(=O)N(Cc4cccc(Cl)c4)[C@H]3C(=O)NC3CC3)c2)cc1. The van der Waals surface area contributed by atoms with Crippen LogP contribution in [0.15, 0.2) is 72.8 Å². The Bertz CT molecular complexity index is 1310. The number of hydrogen-bond donors (Lipinski definition) is 2. The molecular weight excluding hydrogens is 478 g/mol. The lowest BCUT2D eigenvalue weighted by Crippen LogP contribution is -2.46. The highest BCUT2D eigenvalue weighted by Crippen LogP contribution is 2.36. The number of halogens is 1. The Hall–Kier alpha value is -3.84. The molecule has 3 aromatic carbocycles. The highest BCUT2D eigenvalue weighted by atomic mass is 35.5. The molecule has 0 aromatic heterocycles. The van der Waals surface area contributed by atoms with Crippen LogP contribution in [0.1, 0.15) is 46.0 Å². The molecule has 36 heavy (non-hydrogen) atoms. The molecular formula is C28H26ClN3O4. The lowest BCUT2D eigenvalue weighted by Gasteiger charge is -2.24. The minimum atomic E-state index is -0.861. The molecule has 0 spiro atoms. The summed E-state index contributed by atoms with van der Waals surface area (Å²) in [7, 11) is 0. The largest absolute Gasteiger partial charge is 0.438 e. The minimum absolute atomic E-state index is 0.127. The monoisotopic (exact) mass is 503 g/mol. The molecule has 3 amide bonds. The van der Waals surface area contributed by atoms with Gasteiger partial charge in [0.15, 0.2) is 12.1 Å². The summed E-state index contributed by atoms with van der Waals surface area (Å²) in [6, 6.07) is 20.8. The van der Waals surface area contributed by atoms with Crippen molar-refractivity contribution in [2.45, 2.75) is 44.5 Å². The summed E-state index contributed by atoms with van der Waals surface area (Å²) in [5.41, 5.74) is 3.56. The second kappa shape index (κ2) is 10.0. The van der Waals surface area contributed by atoms with Crippen molar-refractivity contribution in [3.63, 3.8) is 0 Å². The van der Waals surface area contributed by atoms with Crippen molar-refractivity contribution in [2.75, 3.05) is 5.32 Å². The quantitative estimate of drug-likeness (QED) is 0.461. The van der Waals surface area contributed by atoms with Gasteiger partial charge < -0.3 is 15.4 Å². The van der Waals surface area contributed by atoms with Crippen molar-refractivity contribution in [3.05, 3.63) is 100 Å². The Morgan fingerprint density at radius 2 is 1.78 bits per heavy atom. The van der Waals surface area contributed by atoms with Gasteiger partial charge in [0.2, 0.25) is 5.91 Å². The number of anilines is 1. The number of amides is 3. The van der Waals surface area contributed by atoms with Crippen molar-refractivity contribution >= 4 is 35.2 Å². The maximum Gasteiger partial charge on any atom is 0.411 e. The van der Waals surface area contributed by atoms with Crippen molar-refractivity contribution in [1.29, 1.82) is 0 Å². The maximum atomic E-state index is 13.3. The van der Waals surface area contributed by atoms with E-state index in [2.05, 4.69) is 10.6 Å². The summed E-state index contributed by atoms with van der Waals surface area (Å²) in [6.07, 6.45) is 0.441. The molecule has 7 nitrogen and oxygen atoms in total. The van der Waals surface area contributed by atoms with Crippen LogP contribution in [0.2, 0.25) is 5.02 Å². The third-order valence-electron chi connectivity index (χ3n) is 6.31. The molecule has 1 aliphatic carbocycles. The van der Waals surface area contributed by atoms with Gasteiger partial charge in [-0.15, -0.1) is 0 Å². The molecule has 1 saturated heterocycles. The Morgan fingerprint density at radius 1 is 1.03 bits per heavy atom. The fourth-order valence-corrected chi connectivity index (χ4v) is 4.47. The average molecular weight is 504 g/mol. The summed E-state index contributed by atoms with van der Waals surface area (Å²) in [4.78, 5) is 40.4. The first kappa shape index (κ1) is 23.9. The first-order valence-electron chi connectivity index (χ1n) is 11.9. The van der Waals surface area contributed by atoms with Crippen molar-refractivity contribution < 1.29 is 19.1 Å². The molecule has 1 heterocycles.